The van der Waals surface area contributed by atoms with Crippen LogP contribution in [0.5, 0.6) is 0 Å². The molecule has 1 aromatic carbocycles. The second kappa shape index (κ2) is 4.83. The molecule has 0 aliphatic carbocycles. The highest BCUT2D eigenvalue weighted by atomic mass is 19.1. The van der Waals surface area contributed by atoms with Crippen LogP contribution in [0, 0.1) is 5.82 Å². The number of hydrogen-bond acceptors (Lipinski definition) is 2. The Kier molecular flexibility index (Phi) is 3.23. The largest absolute Gasteiger partial charge is 0.478 e. The summed E-state index contributed by atoms with van der Waals surface area (Å²) in [5.41, 5.74) is 0.160. The summed E-state index contributed by atoms with van der Waals surface area (Å²) in [6.07, 6.45) is 3.10. The Morgan fingerprint density at radius 1 is 1.22 bits per heavy atom. The van der Waals surface area contributed by atoms with Crippen molar-refractivity contribution in [3.8, 4) is 0 Å². The van der Waals surface area contributed by atoms with Gasteiger partial charge < -0.3 is 9.67 Å². The van der Waals surface area contributed by atoms with Gasteiger partial charge in [-0.3, -0.25) is 4.79 Å². The van der Waals surface area contributed by atoms with Crippen LogP contribution >= 0.6 is 0 Å². The molecule has 1 heterocycles. The van der Waals surface area contributed by atoms with E-state index >= 15 is 0 Å². The minimum Gasteiger partial charge on any atom is -0.478 e. The molecule has 0 fully saturated rings. The number of nitrogens with zero attached hydrogens (tertiary/aromatic N) is 1. The van der Waals surface area contributed by atoms with Crippen molar-refractivity contribution in [3.63, 3.8) is 0 Å². The van der Waals surface area contributed by atoms with Crippen LogP contribution in [0.1, 0.15) is 15.9 Å². The molecular weight excluding hydrogens is 237 g/mol. The second-order valence-electron chi connectivity index (χ2n) is 3.82. The maximum atomic E-state index is 13.6. The van der Waals surface area contributed by atoms with Crippen molar-refractivity contribution < 1.29 is 14.3 Å². The predicted molar refractivity (Wildman–Crippen MR) is 63.2 cm³/mol. The van der Waals surface area contributed by atoms with Crippen molar-refractivity contribution in [1.29, 1.82) is 0 Å². The lowest BCUT2D eigenvalue weighted by Gasteiger charge is -2.07. The molecule has 0 amide bonds. The van der Waals surface area contributed by atoms with Gasteiger partial charge in [-0.15, -0.1) is 0 Å². The maximum absolute atomic E-state index is 13.6. The third-order valence-electron chi connectivity index (χ3n) is 2.51. The summed E-state index contributed by atoms with van der Waals surface area (Å²) in [4.78, 5) is 21.6. The monoisotopic (exact) mass is 247 g/mol. The number of carboxylic acids is 1. The summed E-state index contributed by atoms with van der Waals surface area (Å²) in [5.74, 6) is -1.74. The quantitative estimate of drug-likeness (QED) is 0.898. The fourth-order valence-electron chi connectivity index (χ4n) is 1.55. The first kappa shape index (κ1) is 12.0. The summed E-state index contributed by atoms with van der Waals surface area (Å²) < 4.78 is 15.3. The van der Waals surface area contributed by atoms with E-state index in [1.54, 1.807) is 17.0 Å². The van der Waals surface area contributed by atoms with Crippen LogP contribution in [0.4, 0.5) is 4.39 Å². The smallest absolute Gasteiger partial charge is 0.335 e. The van der Waals surface area contributed by atoms with E-state index < -0.39 is 11.8 Å². The van der Waals surface area contributed by atoms with Crippen LogP contribution in [-0.4, -0.2) is 15.6 Å². The highest BCUT2D eigenvalue weighted by Crippen LogP contribution is 2.12. The van der Waals surface area contributed by atoms with E-state index in [2.05, 4.69) is 0 Å². The molecular formula is C13H10FNO3. The predicted octanol–water partition coefficient (Wildman–Crippen LogP) is 1.73. The van der Waals surface area contributed by atoms with E-state index in [1.165, 1.54) is 24.3 Å². The van der Waals surface area contributed by atoms with Crippen LogP contribution in [0.25, 0.3) is 0 Å². The summed E-state index contributed by atoms with van der Waals surface area (Å²) in [6, 6.07) is 6.52. The zero-order chi connectivity index (χ0) is 13.1. The summed E-state index contributed by atoms with van der Waals surface area (Å²) in [6.45, 7) is 0.242. The molecule has 0 aliphatic heterocycles. The fraction of sp³-hybridized carbons (Fsp3) is 0.0769. The number of aromatic nitrogens is 1. The number of carbonyl (C=O) groups is 1. The Labute approximate surface area is 102 Å². The highest BCUT2D eigenvalue weighted by Gasteiger charge is 2.08. The van der Waals surface area contributed by atoms with Crippen LogP contribution < -0.4 is 5.43 Å². The van der Waals surface area contributed by atoms with Gasteiger partial charge in [0, 0.05) is 36.6 Å². The highest BCUT2D eigenvalue weighted by molar-refractivity contribution is 5.87. The molecule has 92 valence electrons. The molecule has 0 saturated heterocycles. The molecule has 0 bridgehead atoms. The van der Waals surface area contributed by atoms with Crippen LogP contribution in [0.3, 0.4) is 0 Å². The van der Waals surface area contributed by atoms with Gasteiger partial charge in [-0.2, -0.15) is 0 Å². The van der Waals surface area contributed by atoms with E-state index in [0.29, 0.717) is 5.56 Å². The summed E-state index contributed by atoms with van der Waals surface area (Å²) in [5, 5.41) is 8.71. The van der Waals surface area contributed by atoms with Crippen molar-refractivity contribution in [3.05, 3.63) is 69.9 Å². The zero-order valence-corrected chi connectivity index (χ0v) is 9.34. The second-order valence-corrected chi connectivity index (χ2v) is 3.82. The topological polar surface area (TPSA) is 59.3 Å². The van der Waals surface area contributed by atoms with Crippen molar-refractivity contribution >= 4 is 5.97 Å². The fourth-order valence-corrected chi connectivity index (χ4v) is 1.55. The number of rotatable bonds is 3. The third kappa shape index (κ3) is 2.63. The first-order valence-electron chi connectivity index (χ1n) is 5.24. The lowest BCUT2D eigenvalue weighted by Crippen LogP contribution is -2.07. The number of carboxylic acid groups (broad SMARTS) is 1. The molecule has 2 rings (SSSR count). The number of aromatic carboxylic acids is 1. The average molecular weight is 247 g/mol. The first-order valence-corrected chi connectivity index (χ1v) is 5.24. The Morgan fingerprint density at radius 2 is 1.89 bits per heavy atom. The molecule has 5 heteroatoms. The molecule has 0 saturated carbocycles. The van der Waals surface area contributed by atoms with Gasteiger partial charge in [0.2, 0.25) is 0 Å². The van der Waals surface area contributed by atoms with Crippen molar-refractivity contribution in [1.82, 2.24) is 4.57 Å². The van der Waals surface area contributed by atoms with Gasteiger partial charge in [0.05, 0.1) is 5.56 Å². The van der Waals surface area contributed by atoms with Crippen LogP contribution in [0.2, 0.25) is 0 Å². The van der Waals surface area contributed by atoms with Crippen LogP contribution in [-0.2, 0) is 6.54 Å². The molecule has 0 spiro atoms. The lowest BCUT2D eigenvalue weighted by molar-refractivity contribution is 0.0696. The van der Waals surface area contributed by atoms with Crippen molar-refractivity contribution in [2.24, 2.45) is 0 Å². The average Bonchev–Trinajstić information content (AvgIpc) is 2.34. The van der Waals surface area contributed by atoms with Gasteiger partial charge in [0.15, 0.2) is 5.43 Å². The molecule has 0 atom stereocenters. The summed E-state index contributed by atoms with van der Waals surface area (Å²) in [7, 11) is 0. The van der Waals surface area contributed by atoms with Gasteiger partial charge in [-0.25, -0.2) is 9.18 Å². The Hall–Kier alpha value is -2.43. The summed E-state index contributed by atoms with van der Waals surface area (Å²) >= 11 is 0. The van der Waals surface area contributed by atoms with E-state index in [1.807, 2.05) is 0 Å². The molecule has 0 unspecified atom stereocenters. The van der Waals surface area contributed by atoms with Gasteiger partial charge >= 0.3 is 5.97 Å². The molecule has 1 aromatic heterocycles. The van der Waals surface area contributed by atoms with E-state index in [4.69, 9.17) is 5.11 Å². The zero-order valence-electron chi connectivity index (χ0n) is 9.34. The van der Waals surface area contributed by atoms with Gasteiger partial charge in [0.25, 0.3) is 0 Å². The molecule has 0 aliphatic rings. The molecule has 18 heavy (non-hydrogen) atoms. The van der Waals surface area contributed by atoms with Crippen molar-refractivity contribution in [2.75, 3.05) is 0 Å². The SMILES string of the molecule is O=C(O)c1ccc(Cn2ccc(=O)cc2)c(F)c1. The number of halogens is 1. The lowest BCUT2D eigenvalue weighted by atomic mass is 10.1. The third-order valence-corrected chi connectivity index (χ3v) is 2.51. The minimum absolute atomic E-state index is 0.0869. The molecule has 2 aromatic rings. The molecule has 0 radical (unpaired) electrons. The standard InChI is InChI=1S/C13H10FNO3/c14-12-7-9(13(17)18)1-2-10(12)8-15-5-3-11(16)4-6-15/h1-7H,8H2,(H,17,18). The normalized spacial score (nSPS) is 10.3. The number of hydrogen-bond donors (Lipinski definition) is 1. The minimum atomic E-state index is -1.16. The van der Waals surface area contributed by atoms with E-state index in [9.17, 15) is 14.0 Å². The Morgan fingerprint density at radius 3 is 2.44 bits per heavy atom. The Bertz CT molecular complexity index is 628. The van der Waals surface area contributed by atoms with Gasteiger partial charge in [-0.1, -0.05) is 6.07 Å². The van der Waals surface area contributed by atoms with E-state index in [0.717, 1.165) is 6.07 Å². The first-order chi connectivity index (χ1) is 8.56. The van der Waals surface area contributed by atoms with E-state index in [-0.39, 0.29) is 17.5 Å². The molecule has 4 nitrogen and oxygen atoms in total. The van der Waals surface area contributed by atoms with Crippen LogP contribution in [0.15, 0.2) is 47.5 Å². The van der Waals surface area contributed by atoms with Crippen molar-refractivity contribution in [2.45, 2.75) is 6.54 Å². The molecule has 1 N–H and O–H groups in total. The number of benzene rings is 1. The Balaban J connectivity index is 2.27. The van der Waals surface area contributed by atoms with Gasteiger partial charge in [0.1, 0.15) is 5.82 Å². The number of pyridine rings is 1. The van der Waals surface area contributed by atoms with Gasteiger partial charge in [-0.05, 0) is 12.1 Å². The maximum Gasteiger partial charge on any atom is 0.335 e.